The highest BCUT2D eigenvalue weighted by Crippen LogP contribution is 2.40. The van der Waals surface area contributed by atoms with Gasteiger partial charge in [-0.25, -0.2) is 0 Å². The van der Waals surface area contributed by atoms with Crippen molar-refractivity contribution in [2.45, 2.75) is 132 Å². The molecule has 0 aromatic carbocycles. The van der Waals surface area contributed by atoms with E-state index in [-0.39, 0.29) is 43.8 Å². The molecular formula is C31H57N5O5S4. The van der Waals surface area contributed by atoms with Crippen molar-refractivity contribution in [3.8, 4) is 0 Å². The first-order valence-corrected chi connectivity index (χ1v) is 21.2. The number of carbonyl (C=O) groups excluding carboxylic acids is 4. The molecule has 2 unspecified atom stereocenters. The summed E-state index contributed by atoms with van der Waals surface area (Å²) in [6.45, 7) is 8.88. The molecule has 6 N–H and O–H groups in total. The second-order valence-corrected chi connectivity index (χ2v) is 18.7. The average molecular weight is 708 g/mol. The third-order valence-corrected chi connectivity index (χ3v) is 13.7. The molecule has 0 saturated carbocycles. The maximum atomic E-state index is 13.1. The van der Waals surface area contributed by atoms with Crippen LogP contribution in [0.15, 0.2) is 0 Å². The molecule has 3 atom stereocenters. The van der Waals surface area contributed by atoms with Gasteiger partial charge in [0.1, 0.15) is 6.04 Å². The first-order chi connectivity index (χ1) is 21.4. The molecule has 2 aliphatic heterocycles. The Morgan fingerprint density at radius 3 is 1.96 bits per heavy atom. The Labute approximate surface area is 286 Å². The van der Waals surface area contributed by atoms with E-state index in [2.05, 4.69) is 21.3 Å². The summed E-state index contributed by atoms with van der Waals surface area (Å²) >= 11 is 0. The highest BCUT2D eigenvalue weighted by molar-refractivity contribution is 8.77. The van der Waals surface area contributed by atoms with Gasteiger partial charge in [-0.15, -0.1) is 0 Å². The molecule has 2 rings (SSSR count). The maximum Gasteiger partial charge on any atom is 0.243 e. The van der Waals surface area contributed by atoms with E-state index in [1.165, 1.54) is 24.3 Å². The molecule has 0 aromatic rings. The Balaban J connectivity index is 1.80. The topological polar surface area (TPSA) is 152 Å². The average Bonchev–Trinajstić information content (AvgIpc) is 3.69. The number of hydrogen-bond donors (Lipinski definition) is 5. The molecule has 0 aliphatic carbocycles. The fourth-order valence-corrected chi connectivity index (χ4v) is 11.0. The van der Waals surface area contributed by atoms with Crippen molar-refractivity contribution in [3.63, 3.8) is 0 Å². The standard InChI is InChI=1S/C31H57N5O5S4/c1-30(2,22-41-31(3,4)15-16-32)36-28(39)21-25(35-27(38)12-8-6-10-24-14-20-43-45-24)29(40)34-18-17-33-26(37)11-7-5-9-23-13-19-42-44-23/h23-25H,5-22,32H2,1-4H3,(H,33,37)(H,34,40)(H,35,38)(H,36,39)/t23?,24?,25-/m0/s1. The van der Waals surface area contributed by atoms with E-state index in [1.54, 1.807) is 0 Å². The van der Waals surface area contributed by atoms with Crippen LogP contribution >= 0.6 is 43.2 Å². The lowest BCUT2D eigenvalue weighted by molar-refractivity contribution is -0.133. The van der Waals surface area contributed by atoms with Gasteiger partial charge < -0.3 is 31.7 Å². The van der Waals surface area contributed by atoms with Crippen LogP contribution in [-0.2, 0) is 23.9 Å². The molecule has 2 fully saturated rings. The SMILES string of the molecule is CC(C)(COC(C)(C)CCN)NC(=O)C[C@H](NC(=O)CCCCC1CCSS1)C(=O)NCCNC(=O)CCCCC1CCSS1. The van der Waals surface area contributed by atoms with Crippen LogP contribution in [0.5, 0.6) is 0 Å². The number of ether oxygens (including phenoxy) is 1. The number of carbonyl (C=O) groups is 4. The fourth-order valence-electron chi connectivity index (χ4n) is 4.96. The zero-order valence-corrected chi connectivity index (χ0v) is 31.0. The van der Waals surface area contributed by atoms with Crippen LogP contribution in [0.2, 0.25) is 0 Å². The van der Waals surface area contributed by atoms with Crippen LogP contribution in [0, 0.1) is 0 Å². The van der Waals surface area contributed by atoms with Crippen LogP contribution in [0.4, 0.5) is 0 Å². The number of rotatable bonds is 23. The van der Waals surface area contributed by atoms with E-state index in [1.807, 2.05) is 70.9 Å². The summed E-state index contributed by atoms with van der Waals surface area (Å²) in [5.41, 5.74) is 4.57. The first kappa shape index (κ1) is 40.4. The van der Waals surface area contributed by atoms with Crippen molar-refractivity contribution in [3.05, 3.63) is 0 Å². The van der Waals surface area contributed by atoms with E-state index < -0.39 is 23.1 Å². The summed E-state index contributed by atoms with van der Waals surface area (Å²) in [4.78, 5) is 51.2. The lowest BCUT2D eigenvalue weighted by Crippen LogP contribution is -2.53. The number of hydrogen-bond acceptors (Lipinski definition) is 10. The Hall–Kier alpha value is -0.800. The number of amides is 4. The van der Waals surface area contributed by atoms with E-state index in [0.29, 0.717) is 36.3 Å². The van der Waals surface area contributed by atoms with E-state index >= 15 is 0 Å². The molecule has 0 aromatic heterocycles. The minimum Gasteiger partial charge on any atom is -0.373 e. The molecular weight excluding hydrogens is 651 g/mol. The van der Waals surface area contributed by atoms with E-state index in [4.69, 9.17) is 10.5 Å². The van der Waals surface area contributed by atoms with Crippen LogP contribution in [0.1, 0.15) is 105 Å². The third-order valence-electron chi connectivity index (χ3n) is 7.65. The minimum atomic E-state index is -1.02. The van der Waals surface area contributed by atoms with Crippen molar-refractivity contribution in [1.29, 1.82) is 0 Å². The smallest absolute Gasteiger partial charge is 0.243 e. The Kier molecular flexibility index (Phi) is 19.7. The monoisotopic (exact) mass is 707 g/mol. The first-order valence-electron chi connectivity index (χ1n) is 16.4. The van der Waals surface area contributed by atoms with Gasteiger partial charge in [0.2, 0.25) is 23.6 Å². The largest absolute Gasteiger partial charge is 0.373 e. The van der Waals surface area contributed by atoms with Gasteiger partial charge in [-0.05, 0) is 79.2 Å². The summed E-state index contributed by atoms with van der Waals surface area (Å²) in [5, 5.41) is 12.7. The summed E-state index contributed by atoms with van der Waals surface area (Å²) in [6.07, 6.45) is 9.55. The lowest BCUT2D eigenvalue weighted by Gasteiger charge is -2.33. The van der Waals surface area contributed by atoms with E-state index in [0.717, 1.165) is 38.5 Å². The number of nitrogens with two attached hydrogens (primary N) is 1. The van der Waals surface area contributed by atoms with Crippen molar-refractivity contribution in [2.24, 2.45) is 5.73 Å². The summed E-state index contributed by atoms with van der Waals surface area (Å²) < 4.78 is 6.00. The van der Waals surface area contributed by atoms with Gasteiger partial charge in [0, 0.05) is 47.9 Å². The van der Waals surface area contributed by atoms with Crippen LogP contribution in [-0.4, -0.2) is 89.1 Å². The molecule has 260 valence electrons. The molecule has 10 nitrogen and oxygen atoms in total. The highest BCUT2D eigenvalue weighted by Gasteiger charge is 2.29. The Morgan fingerprint density at radius 1 is 0.822 bits per heavy atom. The van der Waals surface area contributed by atoms with Gasteiger partial charge in [-0.1, -0.05) is 56.0 Å². The lowest BCUT2D eigenvalue weighted by atomic mass is 10.0. The van der Waals surface area contributed by atoms with Crippen LogP contribution in [0.3, 0.4) is 0 Å². The van der Waals surface area contributed by atoms with Gasteiger partial charge in [0.05, 0.1) is 24.2 Å². The van der Waals surface area contributed by atoms with E-state index in [9.17, 15) is 19.2 Å². The molecule has 2 saturated heterocycles. The second kappa shape index (κ2) is 22.0. The summed E-state index contributed by atoms with van der Waals surface area (Å²) in [6, 6.07) is -1.02. The Bertz CT molecular complexity index is 915. The zero-order valence-electron chi connectivity index (χ0n) is 27.7. The van der Waals surface area contributed by atoms with Crippen molar-refractivity contribution < 1.29 is 23.9 Å². The van der Waals surface area contributed by atoms with Crippen molar-refractivity contribution in [2.75, 3.05) is 37.7 Å². The maximum absolute atomic E-state index is 13.1. The van der Waals surface area contributed by atoms with Gasteiger partial charge in [0.15, 0.2) is 0 Å². The fraction of sp³-hybridized carbons (Fsp3) is 0.871. The van der Waals surface area contributed by atoms with Gasteiger partial charge in [-0.2, -0.15) is 0 Å². The molecule has 45 heavy (non-hydrogen) atoms. The Morgan fingerprint density at radius 2 is 1.40 bits per heavy atom. The quantitative estimate of drug-likeness (QED) is 0.0756. The predicted octanol–water partition coefficient (Wildman–Crippen LogP) is 4.56. The van der Waals surface area contributed by atoms with Crippen molar-refractivity contribution >= 4 is 66.8 Å². The van der Waals surface area contributed by atoms with Crippen LogP contribution in [0.25, 0.3) is 0 Å². The number of unbranched alkanes of at least 4 members (excludes halogenated alkanes) is 2. The molecule has 2 aliphatic rings. The van der Waals surface area contributed by atoms with Gasteiger partial charge in [-0.3, -0.25) is 19.2 Å². The van der Waals surface area contributed by atoms with Crippen molar-refractivity contribution in [1.82, 2.24) is 21.3 Å². The van der Waals surface area contributed by atoms with Crippen LogP contribution < -0.4 is 27.0 Å². The summed E-state index contributed by atoms with van der Waals surface area (Å²) in [5.74, 6) is 1.32. The molecule has 4 amide bonds. The molecule has 0 bridgehead atoms. The highest BCUT2D eigenvalue weighted by atomic mass is 33.1. The van der Waals surface area contributed by atoms with Gasteiger partial charge >= 0.3 is 0 Å². The van der Waals surface area contributed by atoms with Gasteiger partial charge in [0.25, 0.3) is 0 Å². The predicted molar refractivity (Wildman–Crippen MR) is 192 cm³/mol. The molecule has 0 radical (unpaired) electrons. The normalized spacial score (nSPS) is 19.2. The molecule has 0 spiro atoms. The number of nitrogens with one attached hydrogen (secondary N) is 4. The minimum absolute atomic E-state index is 0.0318. The molecule has 14 heteroatoms. The second-order valence-electron chi connectivity index (χ2n) is 13.1. The molecule has 2 heterocycles. The summed E-state index contributed by atoms with van der Waals surface area (Å²) in [7, 11) is 7.73. The zero-order chi connectivity index (χ0) is 33.1. The third kappa shape index (κ3) is 19.0.